The molecule has 1 aromatic heterocycles. The molecule has 1 nitrogen and oxygen atoms in total. The number of hydrogen-bond donors (Lipinski definition) is 1. The van der Waals surface area contributed by atoms with E-state index in [9.17, 15) is 5.11 Å². The van der Waals surface area contributed by atoms with Crippen LogP contribution in [0.2, 0.25) is 5.02 Å². The van der Waals surface area contributed by atoms with Gasteiger partial charge in [0.25, 0.3) is 0 Å². The first-order chi connectivity index (χ1) is 8.72. The van der Waals surface area contributed by atoms with Crippen LogP contribution in [-0.2, 0) is 19.3 Å². The highest BCUT2D eigenvalue weighted by molar-refractivity contribution is 7.12. The number of benzene rings is 1. The predicted molar refractivity (Wildman–Crippen MR) is 76.5 cm³/mol. The van der Waals surface area contributed by atoms with Crippen molar-refractivity contribution in [2.24, 2.45) is 0 Å². The van der Waals surface area contributed by atoms with Crippen molar-refractivity contribution in [1.82, 2.24) is 0 Å². The quantitative estimate of drug-likeness (QED) is 0.894. The fraction of sp³-hybridized carbons (Fsp3) is 0.333. The summed E-state index contributed by atoms with van der Waals surface area (Å²) < 4.78 is 0. The molecule has 0 aliphatic heterocycles. The number of aliphatic hydroxyl groups excluding tert-OH is 1. The second-order valence-corrected chi connectivity index (χ2v) is 6.41. The Hall–Kier alpha value is -0.830. The Kier molecular flexibility index (Phi) is 3.42. The standard InChI is InChI=1S/C15H15ClOS/c16-12-5-1-3-10(7-12)8-13(17)15-9-11-4-2-6-14(11)18-15/h1,3,5,7,9,13,17H,2,4,6,8H2. The van der Waals surface area contributed by atoms with Gasteiger partial charge in [-0.15, -0.1) is 11.3 Å². The number of hydrogen-bond acceptors (Lipinski definition) is 2. The fourth-order valence-corrected chi connectivity index (χ4v) is 3.96. The van der Waals surface area contributed by atoms with Crippen molar-refractivity contribution < 1.29 is 5.11 Å². The van der Waals surface area contributed by atoms with Gasteiger partial charge in [0.15, 0.2) is 0 Å². The van der Waals surface area contributed by atoms with Crippen molar-refractivity contribution in [2.45, 2.75) is 31.8 Å². The Morgan fingerprint density at radius 1 is 1.28 bits per heavy atom. The van der Waals surface area contributed by atoms with Gasteiger partial charge in [-0.25, -0.2) is 0 Å². The van der Waals surface area contributed by atoms with Gasteiger partial charge < -0.3 is 5.11 Å². The molecule has 0 spiro atoms. The van der Waals surface area contributed by atoms with Crippen LogP contribution in [0.15, 0.2) is 30.3 Å². The second-order valence-electron chi connectivity index (χ2n) is 4.80. The molecule has 1 aromatic carbocycles. The molecule has 1 heterocycles. The van der Waals surface area contributed by atoms with E-state index in [1.54, 1.807) is 11.3 Å². The summed E-state index contributed by atoms with van der Waals surface area (Å²) in [6, 6.07) is 9.90. The van der Waals surface area contributed by atoms with Crippen LogP contribution in [0.1, 0.15) is 33.4 Å². The lowest BCUT2D eigenvalue weighted by atomic mass is 10.1. The summed E-state index contributed by atoms with van der Waals surface area (Å²) in [5, 5.41) is 11.0. The molecule has 1 N–H and O–H groups in total. The number of thiophene rings is 1. The maximum atomic E-state index is 10.3. The van der Waals surface area contributed by atoms with E-state index in [1.165, 1.54) is 29.7 Å². The van der Waals surface area contributed by atoms with Gasteiger partial charge in [-0.2, -0.15) is 0 Å². The van der Waals surface area contributed by atoms with Crippen LogP contribution < -0.4 is 0 Å². The first-order valence-corrected chi connectivity index (χ1v) is 7.46. The zero-order valence-corrected chi connectivity index (χ0v) is 11.6. The molecule has 1 atom stereocenters. The van der Waals surface area contributed by atoms with Gasteiger partial charge in [0.2, 0.25) is 0 Å². The van der Waals surface area contributed by atoms with Crippen molar-refractivity contribution in [3.63, 3.8) is 0 Å². The summed E-state index contributed by atoms with van der Waals surface area (Å²) in [4.78, 5) is 2.56. The van der Waals surface area contributed by atoms with Crippen LogP contribution in [0.3, 0.4) is 0 Å². The number of fused-ring (bicyclic) bond motifs is 1. The Bertz CT molecular complexity index is 540. The van der Waals surface area contributed by atoms with Gasteiger partial charge in [0, 0.05) is 21.2 Å². The Labute approximate surface area is 116 Å². The molecule has 3 rings (SSSR count). The molecule has 0 saturated carbocycles. The number of aryl methyl sites for hydroxylation is 2. The van der Waals surface area contributed by atoms with Crippen molar-refractivity contribution >= 4 is 22.9 Å². The molecule has 2 aromatic rings. The summed E-state index contributed by atoms with van der Waals surface area (Å²) in [5.74, 6) is 0. The van der Waals surface area contributed by atoms with Gasteiger partial charge in [-0.3, -0.25) is 0 Å². The minimum absolute atomic E-state index is 0.404. The molecular weight excluding hydrogens is 264 g/mol. The number of aliphatic hydroxyl groups is 1. The zero-order chi connectivity index (χ0) is 12.5. The average molecular weight is 279 g/mol. The van der Waals surface area contributed by atoms with Gasteiger partial charge >= 0.3 is 0 Å². The van der Waals surface area contributed by atoms with Crippen LogP contribution >= 0.6 is 22.9 Å². The smallest absolute Gasteiger partial charge is 0.0922 e. The van der Waals surface area contributed by atoms with E-state index >= 15 is 0 Å². The normalized spacial score (nSPS) is 15.7. The van der Waals surface area contributed by atoms with E-state index in [0.29, 0.717) is 6.42 Å². The lowest BCUT2D eigenvalue weighted by Crippen LogP contribution is -1.99. The van der Waals surface area contributed by atoms with E-state index in [0.717, 1.165) is 15.5 Å². The van der Waals surface area contributed by atoms with E-state index in [2.05, 4.69) is 6.07 Å². The predicted octanol–water partition coefficient (Wildman–Crippen LogP) is 4.17. The lowest BCUT2D eigenvalue weighted by molar-refractivity contribution is 0.182. The highest BCUT2D eigenvalue weighted by atomic mass is 35.5. The fourth-order valence-electron chi connectivity index (χ4n) is 2.50. The maximum absolute atomic E-state index is 10.3. The topological polar surface area (TPSA) is 20.2 Å². The molecule has 18 heavy (non-hydrogen) atoms. The zero-order valence-electron chi connectivity index (χ0n) is 10.0. The highest BCUT2D eigenvalue weighted by Gasteiger charge is 2.18. The number of halogens is 1. The molecule has 1 aliphatic carbocycles. The summed E-state index contributed by atoms with van der Waals surface area (Å²) in [5.41, 5.74) is 2.53. The SMILES string of the molecule is OC(Cc1cccc(Cl)c1)c1cc2c(s1)CCC2. The first kappa shape index (κ1) is 12.2. The maximum Gasteiger partial charge on any atom is 0.0922 e. The monoisotopic (exact) mass is 278 g/mol. The summed E-state index contributed by atoms with van der Waals surface area (Å²) >= 11 is 7.73. The third kappa shape index (κ3) is 2.46. The summed E-state index contributed by atoms with van der Waals surface area (Å²) in [6.45, 7) is 0. The molecular formula is C15H15ClOS. The van der Waals surface area contributed by atoms with Gasteiger partial charge in [-0.1, -0.05) is 23.7 Å². The lowest BCUT2D eigenvalue weighted by Gasteiger charge is -2.09. The van der Waals surface area contributed by atoms with Gasteiger partial charge in [0.05, 0.1) is 6.10 Å². The van der Waals surface area contributed by atoms with E-state index in [1.807, 2.05) is 24.3 Å². The Morgan fingerprint density at radius 3 is 2.94 bits per heavy atom. The molecule has 0 amide bonds. The van der Waals surface area contributed by atoms with Crippen LogP contribution in [0.5, 0.6) is 0 Å². The van der Waals surface area contributed by atoms with E-state index in [4.69, 9.17) is 11.6 Å². The van der Waals surface area contributed by atoms with Crippen LogP contribution in [0, 0.1) is 0 Å². The minimum atomic E-state index is -0.404. The second kappa shape index (κ2) is 5.04. The molecule has 0 bridgehead atoms. The molecule has 0 fully saturated rings. The van der Waals surface area contributed by atoms with Crippen LogP contribution in [0.4, 0.5) is 0 Å². The third-order valence-corrected chi connectivity index (χ3v) is 4.99. The molecule has 3 heteroatoms. The number of rotatable bonds is 3. The molecule has 94 valence electrons. The molecule has 1 unspecified atom stereocenters. The first-order valence-electron chi connectivity index (χ1n) is 6.26. The largest absolute Gasteiger partial charge is 0.387 e. The molecule has 0 saturated heterocycles. The Balaban J connectivity index is 1.76. The van der Waals surface area contributed by atoms with E-state index < -0.39 is 6.10 Å². The van der Waals surface area contributed by atoms with Crippen molar-refractivity contribution in [3.05, 3.63) is 56.2 Å². The third-order valence-electron chi connectivity index (χ3n) is 3.41. The van der Waals surface area contributed by atoms with Crippen molar-refractivity contribution in [1.29, 1.82) is 0 Å². The van der Waals surface area contributed by atoms with Crippen LogP contribution in [-0.4, -0.2) is 5.11 Å². The summed E-state index contributed by atoms with van der Waals surface area (Å²) in [7, 11) is 0. The minimum Gasteiger partial charge on any atom is -0.387 e. The van der Waals surface area contributed by atoms with Gasteiger partial charge in [-0.05, 0) is 48.6 Å². The van der Waals surface area contributed by atoms with Gasteiger partial charge in [0.1, 0.15) is 0 Å². The van der Waals surface area contributed by atoms with Crippen molar-refractivity contribution in [3.8, 4) is 0 Å². The molecule has 1 aliphatic rings. The Morgan fingerprint density at radius 2 is 2.17 bits per heavy atom. The molecule has 0 radical (unpaired) electrons. The average Bonchev–Trinajstić information content (AvgIpc) is 2.88. The highest BCUT2D eigenvalue weighted by Crippen LogP contribution is 2.34. The van der Waals surface area contributed by atoms with E-state index in [-0.39, 0.29) is 0 Å². The summed E-state index contributed by atoms with van der Waals surface area (Å²) in [6.07, 6.45) is 3.87. The van der Waals surface area contributed by atoms with Crippen molar-refractivity contribution in [2.75, 3.05) is 0 Å². The van der Waals surface area contributed by atoms with Crippen LogP contribution in [0.25, 0.3) is 0 Å².